The Labute approximate surface area is 114 Å². The van der Waals surface area contributed by atoms with Gasteiger partial charge in [0.25, 0.3) is 0 Å². The van der Waals surface area contributed by atoms with E-state index >= 15 is 0 Å². The molecule has 1 unspecified atom stereocenters. The van der Waals surface area contributed by atoms with Gasteiger partial charge in [-0.15, -0.1) is 0 Å². The lowest BCUT2D eigenvalue weighted by Crippen LogP contribution is -2.30. The fourth-order valence-corrected chi connectivity index (χ4v) is 3.64. The maximum Gasteiger partial charge on any atom is 0.123 e. The van der Waals surface area contributed by atoms with Gasteiger partial charge in [-0.05, 0) is 30.9 Å². The first-order valence-corrected chi connectivity index (χ1v) is 7.54. The van der Waals surface area contributed by atoms with Crippen LogP contribution in [0.3, 0.4) is 0 Å². The van der Waals surface area contributed by atoms with Gasteiger partial charge in [-0.2, -0.15) is 11.8 Å². The molecule has 1 fully saturated rings. The van der Waals surface area contributed by atoms with Crippen molar-refractivity contribution in [3.8, 4) is 5.75 Å². The average Bonchev–Trinajstić information content (AvgIpc) is 2.92. The first-order valence-electron chi connectivity index (χ1n) is 6.38. The maximum absolute atomic E-state index is 5.68. The van der Waals surface area contributed by atoms with Crippen molar-refractivity contribution in [2.75, 3.05) is 25.7 Å². The van der Waals surface area contributed by atoms with E-state index in [2.05, 4.69) is 41.9 Å². The van der Waals surface area contributed by atoms with Crippen LogP contribution in [0.2, 0.25) is 0 Å². The second kappa shape index (κ2) is 6.45. The Balaban J connectivity index is 2.04. The van der Waals surface area contributed by atoms with Crippen molar-refractivity contribution in [2.24, 2.45) is 5.73 Å². The van der Waals surface area contributed by atoms with E-state index in [1.54, 1.807) is 7.11 Å². The van der Waals surface area contributed by atoms with Crippen LogP contribution in [0.15, 0.2) is 18.2 Å². The van der Waals surface area contributed by atoms with Crippen LogP contribution >= 0.6 is 11.8 Å². The minimum absolute atomic E-state index is 0.526. The molecule has 2 rings (SSSR count). The Hall–Kier alpha value is -0.710. The van der Waals surface area contributed by atoms with Gasteiger partial charge in [-0.25, -0.2) is 0 Å². The number of rotatable bonds is 5. The minimum Gasteiger partial charge on any atom is -0.496 e. The number of hydrogen-bond acceptors (Lipinski definition) is 4. The molecule has 0 spiro atoms. The Morgan fingerprint density at radius 2 is 2.33 bits per heavy atom. The van der Waals surface area contributed by atoms with Crippen molar-refractivity contribution >= 4 is 11.8 Å². The average molecular weight is 266 g/mol. The van der Waals surface area contributed by atoms with Crippen LogP contribution in [0.4, 0.5) is 0 Å². The standard InChI is InChI=1S/C14H22N2OS/c1-16(13-5-6-18-10-13)9-11-3-4-12(8-15)14(7-11)17-2/h3-4,7,13H,5-6,8-10,15H2,1-2H3. The third-order valence-electron chi connectivity index (χ3n) is 3.53. The minimum atomic E-state index is 0.526. The Kier molecular flexibility index (Phi) is 4.92. The van der Waals surface area contributed by atoms with Gasteiger partial charge < -0.3 is 10.5 Å². The molecule has 0 aromatic heterocycles. The Bertz CT molecular complexity index is 391. The van der Waals surface area contributed by atoms with Crippen LogP contribution in [0, 0.1) is 0 Å². The van der Waals surface area contributed by atoms with Gasteiger partial charge in [0.2, 0.25) is 0 Å². The molecule has 1 aromatic rings. The number of ether oxygens (including phenoxy) is 1. The molecular weight excluding hydrogens is 244 g/mol. The zero-order valence-electron chi connectivity index (χ0n) is 11.2. The molecule has 1 saturated heterocycles. The fraction of sp³-hybridized carbons (Fsp3) is 0.571. The van der Waals surface area contributed by atoms with E-state index in [4.69, 9.17) is 10.5 Å². The molecule has 1 aliphatic heterocycles. The molecule has 18 heavy (non-hydrogen) atoms. The zero-order valence-corrected chi connectivity index (χ0v) is 12.0. The van der Waals surface area contributed by atoms with Gasteiger partial charge in [0.05, 0.1) is 7.11 Å². The highest BCUT2D eigenvalue weighted by Crippen LogP contribution is 2.24. The molecule has 100 valence electrons. The van der Waals surface area contributed by atoms with Crippen LogP contribution in [0.25, 0.3) is 0 Å². The number of benzene rings is 1. The third-order valence-corrected chi connectivity index (χ3v) is 4.68. The van der Waals surface area contributed by atoms with Crippen LogP contribution in [0.5, 0.6) is 5.75 Å². The van der Waals surface area contributed by atoms with E-state index in [0.717, 1.165) is 23.9 Å². The molecule has 1 heterocycles. The monoisotopic (exact) mass is 266 g/mol. The fourth-order valence-electron chi connectivity index (χ4n) is 2.34. The number of thioether (sulfide) groups is 1. The molecule has 1 aromatic carbocycles. The SMILES string of the molecule is COc1cc(CN(C)C2CCSC2)ccc1CN. The molecule has 0 aliphatic carbocycles. The van der Waals surface area contributed by atoms with Gasteiger partial charge in [-0.1, -0.05) is 12.1 Å². The lowest BCUT2D eigenvalue weighted by molar-refractivity contribution is 0.254. The van der Waals surface area contributed by atoms with Crippen LogP contribution in [-0.2, 0) is 13.1 Å². The van der Waals surface area contributed by atoms with Crippen LogP contribution < -0.4 is 10.5 Å². The maximum atomic E-state index is 5.68. The van der Waals surface area contributed by atoms with E-state index in [1.165, 1.54) is 23.5 Å². The summed E-state index contributed by atoms with van der Waals surface area (Å²) < 4.78 is 5.38. The van der Waals surface area contributed by atoms with E-state index in [-0.39, 0.29) is 0 Å². The normalized spacial score (nSPS) is 19.4. The summed E-state index contributed by atoms with van der Waals surface area (Å²) in [4.78, 5) is 2.44. The molecule has 2 N–H and O–H groups in total. The molecule has 4 heteroatoms. The number of hydrogen-bond donors (Lipinski definition) is 1. The molecule has 0 amide bonds. The topological polar surface area (TPSA) is 38.5 Å². The highest BCUT2D eigenvalue weighted by Gasteiger charge is 2.20. The first-order chi connectivity index (χ1) is 8.74. The van der Waals surface area contributed by atoms with Gasteiger partial charge in [-0.3, -0.25) is 4.90 Å². The van der Waals surface area contributed by atoms with Gasteiger partial charge in [0.15, 0.2) is 0 Å². The predicted molar refractivity (Wildman–Crippen MR) is 78.1 cm³/mol. The van der Waals surface area contributed by atoms with E-state index in [0.29, 0.717) is 6.54 Å². The Morgan fingerprint density at radius 1 is 1.50 bits per heavy atom. The second-order valence-electron chi connectivity index (χ2n) is 4.78. The summed E-state index contributed by atoms with van der Waals surface area (Å²) in [6.07, 6.45) is 1.30. The van der Waals surface area contributed by atoms with E-state index in [9.17, 15) is 0 Å². The predicted octanol–water partition coefficient (Wildman–Crippen LogP) is 2.09. The van der Waals surface area contributed by atoms with Crippen LogP contribution in [0.1, 0.15) is 17.5 Å². The van der Waals surface area contributed by atoms with E-state index < -0.39 is 0 Å². The first kappa shape index (κ1) is 13.7. The van der Waals surface area contributed by atoms with Crippen molar-refractivity contribution in [3.05, 3.63) is 29.3 Å². The summed E-state index contributed by atoms with van der Waals surface area (Å²) in [5.74, 6) is 3.46. The van der Waals surface area contributed by atoms with Crippen molar-refractivity contribution < 1.29 is 4.74 Å². The van der Waals surface area contributed by atoms with Gasteiger partial charge >= 0.3 is 0 Å². The number of methoxy groups -OCH3 is 1. The third kappa shape index (κ3) is 3.19. The molecule has 0 bridgehead atoms. The van der Waals surface area contributed by atoms with Gasteiger partial charge in [0.1, 0.15) is 5.75 Å². The Morgan fingerprint density at radius 3 is 2.94 bits per heavy atom. The smallest absolute Gasteiger partial charge is 0.123 e. The largest absolute Gasteiger partial charge is 0.496 e. The molecular formula is C14H22N2OS. The molecule has 1 atom stereocenters. The summed E-state index contributed by atoms with van der Waals surface area (Å²) in [6, 6.07) is 7.06. The molecule has 0 saturated carbocycles. The van der Waals surface area contributed by atoms with Crippen molar-refractivity contribution in [1.82, 2.24) is 4.90 Å². The molecule has 3 nitrogen and oxygen atoms in total. The quantitative estimate of drug-likeness (QED) is 0.885. The lowest BCUT2D eigenvalue weighted by atomic mass is 10.1. The second-order valence-corrected chi connectivity index (χ2v) is 5.93. The number of nitrogens with zero attached hydrogens (tertiary/aromatic N) is 1. The van der Waals surface area contributed by atoms with Crippen molar-refractivity contribution in [2.45, 2.75) is 25.6 Å². The van der Waals surface area contributed by atoms with E-state index in [1.807, 2.05) is 0 Å². The summed E-state index contributed by atoms with van der Waals surface area (Å²) in [7, 11) is 3.91. The summed E-state index contributed by atoms with van der Waals surface area (Å²) in [5, 5.41) is 0. The van der Waals surface area contributed by atoms with Gasteiger partial charge in [0, 0.05) is 30.4 Å². The highest BCUT2D eigenvalue weighted by atomic mass is 32.2. The lowest BCUT2D eigenvalue weighted by Gasteiger charge is -2.23. The highest BCUT2D eigenvalue weighted by molar-refractivity contribution is 7.99. The molecule has 0 radical (unpaired) electrons. The van der Waals surface area contributed by atoms with Crippen molar-refractivity contribution in [3.63, 3.8) is 0 Å². The summed E-state index contributed by atoms with van der Waals surface area (Å²) >= 11 is 2.05. The zero-order chi connectivity index (χ0) is 13.0. The van der Waals surface area contributed by atoms with Crippen molar-refractivity contribution in [1.29, 1.82) is 0 Å². The summed E-state index contributed by atoms with van der Waals surface area (Å²) in [6.45, 7) is 1.50. The number of nitrogens with two attached hydrogens (primary N) is 1. The molecule has 1 aliphatic rings. The van der Waals surface area contributed by atoms with Crippen LogP contribution in [-0.4, -0.2) is 36.6 Å². The summed E-state index contributed by atoms with van der Waals surface area (Å²) in [5.41, 5.74) is 8.05.